The minimum absolute atomic E-state index is 0.427. The molecule has 0 unspecified atom stereocenters. The molecule has 10 heteroatoms. The lowest BCUT2D eigenvalue weighted by molar-refractivity contribution is 0.387. The Morgan fingerprint density at radius 2 is 1.69 bits per heavy atom. The van der Waals surface area contributed by atoms with E-state index in [1.807, 2.05) is 36.1 Å². The number of hydrogen-bond acceptors (Lipinski definition) is 7. The lowest BCUT2D eigenvalue weighted by Gasteiger charge is -2.33. The minimum Gasteiger partial charge on any atom is -0.352 e. The lowest BCUT2D eigenvalue weighted by Crippen LogP contribution is -2.48. The van der Waals surface area contributed by atoms with Gasteiger partial charge in [-0.05, 0) is 19.1 Å². The fourth-order valence-corrected chi connectivity index (χ4v) is 3.89. The number of aryl methyl sites for hydroxylation is 1. The third-order valence-corrected chi connectivity index (χ3v) is 5.81. The maximum Gasteiger partial charge on any atom is 0.211 e. The zero-order valence-corrected chi connectivity index (χ0v) is 15.4. The predicted molar refractivity (Wildman–Crippen MR) is 97.8 cm³/mol. The van der Waals surface area contributed by atoms with E-state index < -0.39 is 10.0 Å². The summed E-state index contributed by atoms with van der Waals surface area (Å²) in [5, 5.41) is 8.51. The van der Waals surface area contributed by atoms with Crippen molar-refractivity contribution in [2.75, 3.05) is 37.3 Å². The highest BCUT2D eigenvalue weighted by molar-refractivity contribution is 7.88. The van der Waals surface area contributed by atoms with Gasteiger partial charge in [0.2, 0.25) is 10.0 Å². The monoisotopic (exact) mass is 373 g/mol. The quantitative estimate of drug-likeness (QED) is 0.663. The molecule has 9 nitrogen and oxygen atoms in total. The first kappa shape index (κ1) is 16.9. The van der Waals surface area contributed by atoms with Crippen LogP contribution in [0.5, 0.6) is 0 Å². The SMILES string of the molecule is Cc1ccc(-n2nnc3c(N4CCN(S(C)(=O)=O)CC4)ncnc32)cc1. The van der Waals surface area contributed by atoms with Gasteiger partial charge in [-0.1, -0.05) is 22.9 Å². The van der Waals surface area contributed by atoms with Crippen LogP contribution in [0.15, 0.2) is 30.6 Å². The van der Waals surface area contributed by atoms with Gasteiger partial charge in [-0.2, -0.15) is 8.99 Å². The lowest BCUT2D eigenvalue weighted by atomic mass is 10.2. The van der Waals surface area contributed by atoms with Gasteiger partial charge in [0.1, 0.15) is 6.33 Å². The first-order valence-electron chi connectivity index (χ1n) is 8.27. The molecule has 1 aromatic carbocycles. The van der Waals surface area contributed by atoms with Crippen LogP contribution in [0.1, 0.15) is 5.56 Å². The van der Waals surface area contributed by atoms with E-state index in [4.69, 9.17) is 0 Å². The first-order valence-corrected chi connectivity index (χ1v) is 10.1. The van der Waals surface area contributed by atoms with Crippen LogP contribution in [0, 0.1) is 6.92 Å². The Hall–Kier alpha value is -2.59. The molecule has 3 heterocycles. The van der Waals surface area contributed by atoms with E-state index in [-0.39, 0.29) is 0 Å². The van der Waals surface area contributed by atoms with Crippen molar-refractivity contribution >= 4 is 27.0 Å². The number of fused-ring (bicyclic) bond motifs is 1. The summed E-state index contributed by atoms with van der Waals surface area (Å²) in [6, 6.07) is 7.96. The fourth-order valence-electron chi connectivity index (χ4n) is 3.06. The summed E-state index contributed by atoms with van der Waals surface area (Å²) in [6.07, 6.45) is 2.73. The summed E-state index contributed by atoms with van der Waals surface area (Å²) in [5.74, 6) is 0.682. The van der Waals surface area contributed by atoms with Crippen LogP contribution >= 0.6 is 0 Å². The van der Waals surface area contributed by atoms with Crippen molar-refractivity contribution in [2.24, 2.45) is 0 Å². The summed E-state index contributed by atoms with van der Waals surface area (Å²) in [5.41, 5.74) is 3.28. The molecule has 3 aromatic rings. The number of sulfonamides is 1. The predicted octanol–water partition coefficient (Wildman–Crippen LogP) is 0.601. The Morgan fingerprint density at radius 1 is 1.00 bits per heavy atom. The van der Waals surface area contributed by atoms with Crippen LogP contribution in [0.25, 0.3) is 16.9 Å². The van der Waals surface area contributed by atoms with Crippen LogP contribution in [0.4, 0.5) is 5.82 Å². The summed E-state index contributed by atoms with van der Waals surface area (Å²) in [4.78, 5) is 10.7. The van der Waals surface area contributed by atoms with E-state index >= 15 is 0 Å². The highest BCUT2D eigenvalue weighted by Crippen LogP contribution is 2.24. The van der Waals surface area contributed by atoms with Crippen molar-refractivity contribution in [1.82, 2.24) is 29.3 Å². The third-order valence-electron chi connectivity index (χ3n) is 4.50. The highest BCUT2D eigenvalue weighted by atomic mass is 32.2. The second-order valence-electron chi connectivity index (χ2n) is 6.36. The molecule has 0 saturated carbocycles. The Balaban J connectivity index is 1.67. The number of anilines is 1. The summed E-state index contributed by atoms with van der Waals surface area (Å²) >= 11 is 0. The highest BCUT2D eigenvalue weighted by Gasteiger charge is 2.26. The van der Waals surface area contributed by atoms with E-state index in [0.29, 0.717) is 43.2 Å². The minimum atomic E-state index is -3.17. The zero-order valence-electron chi connectivity index (χ0n) is 14.6. The van der Waals surface area contributed by atoms with Crippen molar-refractivity contribution in [2.45, 2.75) is 6.92 Å². The maximum absolute atomic E-state index is 11.7. The van der Waals surface area contributed by atoms with Gasteiger partial charge >= 0.3 is 0 Å². The molecule has 1 aliphatic heterocycles. The zero-order chi connectivity index (χ0) is 18.3. The Kier molecular flexibility index (Phi) is 4.08. The molecule has 136 valence electrons. The molecule has 26 heavy (non-hydrogen) atoms. The van der Waals surface area contributed by atoms with Crippen molar-refractivity contribution in [1.29, 1.82) is 0 Å². The van der Waals surface area contributed by atoms with E-state index in [0.717, 1.165) is 11.3 Å². The second kappa shape index (κ2) is 6.29. The van der Waals surface area contributed by atoms with Crippen LogP contribution in [-0.4, -0.2) is 70.1 Å². The Bertz CT molecular complexity index is 1040. The standard InChI is InChI=1S/C16H19N7O2S/c1-12-3-5-13(6-4-12)23-16-14(19-20-23)15(17-11-18-16)21-7-9-22(10-8-21)26(2,24)25/h3-6,11H,7-10H2,1-2H3. The number of benzene rings is 1. The number of aromatic nitrogens is 5. The number of piperazine rings is 1. The van der Waals surface area contributed by atoms with Gasteiger partial charge in [0.05, 0.1) is 11.9 Å². The molecular weight excluding hydrogens is 354 g/mol. The first-order chi connectivity index (χ1) is 12.4. The van der Waals surface area contributed by atoms with Crippen molar-refractivity contribution in [3.05, 3.63) is 36.2 Å². The molecule has 0 atom stereocenters. The molecule has 4 rings (SSSR count). The smallest absolute Gasteiger partial charge is 0.211 e. The van der Waals surface area contributed by atoms with Gasteiger partial charge < -0.3 is 4.90 Å². The molecule has 1 saturated heterocycles. The second-order valence-corrected chi connectivity index (χ2v) is 8.34. The number of nitrogens with zero attached hydrogens (tertiary/aromatic N) is 7. The average molecular weight is 373 g/mol. The van der Waals surface area contributed by atoms with Gasteiger partial charge in [-0.15, -0.1) is 5.10 Å². The summed E-state index contributed by atoms with van der Waals surface area (Å²) in [6.45, 7) is 3.99. The summed E-state index contributed by atoms with van der Waals surface area (Å²) in [7, 11) is -3.17. The average Bonchev–Trinajstić information content (AvgIpc) is 3.06. The van der Waals surface area contributed by atoms with Gasteiger partial charge in [-0.25, -0.2) is 18.4 Å². The molecular formula is C16H19N7O2S. The molecule has 1 aliphatic rings. The fraction of sp³-hybridized carbons (Fsp3) is 0.375. The van der Waals surface area contributed by atoms with Gasteiger partial charge in [-0.3, -0.25) is 0 Å². The Labute approximate surface area is 151 Å². The van der Waals surface area contributed by atoms with Crippen molar-refractivity contribution < 1.29 is 8.42 Å². The Morgan fingerprint density at radius 3 is 2.35 bits per heavy atom. The van der Waals surface area contributed by atoms with Crippen LogP contribution in [0.3, 0.4) is 0 Å². The van der Waals surface area contributed by atoms with E-state index in [9.17, 15) is 8.42 Å². The largest absolute Gasteiger partial charge is 0.352 e. The van der Waals surface area contributed by atoms with Crippen LogP contribution in [-0.2, 0) is 10.0 Å². The van der Waals surface area contributed by atoms with Gasteiger partial charge in [0, 0.05) is 26.2 Å². The molecule has 0 radical (unpaired) electrons. The normalized spacial score (nSPS) is 16.3. The molecule has 0 bridgehead atoms. The van der Waals surface area contributed by atoms with E-state index in [1.54, 1.807) is 4.68 Å². The van der Waals surface area contributed by atoms with Crippen LogP contribution < -0.4 is 4.90 Å². The number of hydrogen-bond donors (Lipinski definition) is 0. The summed E-state index contributed by atoms with van der Waals surface area (Å²) < 4.78 is 26.5. The molecule has 1 fully saturated rings. The molecule has 0 amide bonds. The maximum atomic E-state index is 11.7. The van der Waals surface area contributed by atoms with Crippen molar-refractivity contribution in [3.63, 3.8) is 0 Å². The molecule has 0 aliphatic carbocycles. The van der Waals surface area contributed by atoms with Crippen molar-refractivity contribution in [3.8, 4) is 5.69 Å². The molecule has 2 aromatic heterocycles. The van der Waals surface area contributed by atoms with E-state index in [1.165, 1.54) is 16.9 Å². The topological polar surface area (TPSA) is 97.1 Å². The van der Waals surface area contributed by atoms with Crippen LogP contribution in [0.2, 0.25) is 0 Å². The van der Waals surface area contributed by atoms with Gasteiger partial charge in [0.25, 0.3) is 0 Å². The number of rotatable bonds is 3. The van der Waals surface area contributed by atoms with E-state index in [2.05, 4.69) is 20.3 Å². The molecule has 0 N–H and O–H groups in total. The molecule has 0 spiro atoms. The van der Waals surface area contributed by atoms with Gasteiger partial charge in [0.15, 0.2) is 17.0 Å². The third kappa shape index (κ3) is 3.01.